The predicted octanol–water partition coefficient (Wildman–Crippen LogP) is 3.66. The Morgan fingerprint density at radius 3 is 2.20 bits per heavy atom. The van der Waals surface area contributed by atoms with Gasteiger partial charge in [0, 0.05) is 0 Å². The molecule has 0 bridgehead atoms. The highest BCUT2D eigenvalue weighted by Crippen LogP contribution is 2.34. The van der Waals surface area contributed by atoms with Crippen LogP contribution in [0.15, 0.2) is 20.8 Å². The SMILES string of the molecule is C[Si](C)(C)C1=CSC=CS1. The van der Waals surface area contributed by atoms with E-state index in [-0.39, 0.29) is 0 Å². The predicted molar refractivity (Wildman–Crippen MR) is 55.8 cm³/mol. The lowest BCUT2D eigenvalue weighted by molar-refractivity contribution is 1.76. The lowest BCUT2D eigenvalue weighted by Crippen LogP contribution is -2.21. The topological polar surface area (TPSA) is 0 Å². The Bertz CT molecular complexity index is 177. The van der Waals surface area contributed by atoms with Crippen molar-refractivity contribution < 1.29 is 0 Å². The molecular formula is C7H12S2Si. The minimum Gasteiger partial charge on any atom is -0.106 e. The van der Waals surface area contributed by atoms with Crippen molar-refractivity contribution in [3.8, 4) is 0 Å². The van der Waals surface area contributed by atoms with Crippen LogP contribution in [0.2, 0.25) is 19.6 Å². The minimum atomic E-state index is -1.00. The maximum Gasteiger partial charge on any atom is 0.0868 e. The van der Waals surface area contributed by atoms with E-state index in [0.29, 0.717) is 0 Å². The molecule has 56 valence electrons. The molecule has 10 heavy (non-hydrogen) atoms. The van der Waals surface area contributed by atoms with Gasteiger partial charge in [-0.3, -0.25) is 0 Å². The van der Waals surface area contributed by atoms with Crippen molar-refractivity contribution in [1.82, 2.24) is 0 Å². The molecule has 0 N–H and O–H groups in total. The van der Waals surface area contributed by atoms with Gasteiger partial charge in [0.1, 0.15) is 0 Å². The molecule has 0 amide bonds. The average Bonchev–Trinajstić information content (AvgIpc) is 1.88. The second-order valence-electron chi connectivity index (χ2n) is 3.26. The first-order chi connectivity index (χ1) is 4.61. The minimum absolute atomic E-state index is 1.00. The van der Waals surface area contributed by atoms with E-state index in [2.05, 4.69) is 35.9 Å². The third-order valence-electron chi connectivity index (χ3n) is 1.24. The fraction of sp³-hybridized carbons (Fsp3) is 0.429. The number of hydrogen-bond donors (Lipinski definition) is 0. The summed E-state index contributed by atoms with van der Waals surface area (Å²) in [5.41, 5.74) is 0. The van der Waals surface area contributed by atoms with Crippen molar-refractivity contribution in [3.63, 3.8) is 0 Å². The maximum absolute atomic E-state index is 2.38. The first kappa shape index (κ1) is 8.49. The molecule has 0 aromatic carbocycles. The quantitative estimate of drug-likeness (QED) is 0.576. The number of thioether (sulfide) groups is 2. The van der Waals surface area contributed by atoms with Crippen LogP contribution in [0.1, 0.15) is 0 Å². The zero-order chi connectivity index (χ0) is 7.61. The molecule has 0 aliphatic carbocycles. The second-order valence-corrected chi connectivity index (χ2v) is 10.4. The fourth-order valence-corrected chi connectivity index (χ4v) is 5.07. The summed E-state index contributed by atoms with van der Waals surface area (Å²) < 4.78 is 1.60. The van der Waals surface area contributed by atoms with Gasteiger partial charge in [0.2, 0.25) is 0 Å². The van der Waals surface area contributed by atoms with Gasteiger partial charge in [-0.1, -0.05) is 19.6 Å². The van der Waals surface area contributed by atoms with Crippen molar-refractivity contribution in [1.29, 1.82) is 0 Å². The molecule has 1 rings (SSSR count). The summed E-state index contributed by atoms with van der Waals surface area (Å²) in [7, 11) is -1.00. The number of rotatable bonds is 1. The van der Waals surface area contributed by atoms with E-state index in [0.717, 1.165) is 0 Å². The molecule has 0 fully saturated rings. The summed E-state index contributed by atoms with van der Waals surface area (Å²) >= 11 is 3.69. The molecule has 0 atom stereocenters. The van der Waals surface area contributed by atoms with E-state index >= 15 is 0 Å². The van der Waals surface area contributed by atoms with Crippen molar-refractivity contribution in [3.05, 3.63) is 20.8 Å². The van der Waals surface area contributed by atoms with Gasteiger partial charge >= 0.3 is 0 Å². The van der Waals surface area contributed by atoms with Crippen LogP contribution >= 0.6 is 23.5 Å². The summed E-state index contributed by atoms with van der Waals surface area (Å²) in [6.07, 6.45) is 0. The van der Waals surface area contributed by atoms with Gasteiger partial charge in [0.25, 0.3) is 0 Å². The first-order valence-electron chi connectivity index (χ1n) is 3.28. The Hall–Kier alpha value is 0.397. The second kappa shape index (κ2) is 3.20. The first-order valence-corrected chi connectivity index (χ1v) is 8.61. The zero-order valence-electron chi connectivity index (χ0n) is 6.55. The summed E-state index contributed by atoms with van der Waals surface area (Å²) in [5.74, 6) is 0. The molecule has 0 spiro atoms. The molecule has 3 heteroatoms. The molecular weight excluding hydrogens is 176 g/mol. The van der Waals surface area contributed by atoms with E-state index in [1.165, 1.54) is 0 Å². The molecule has 0 unspecified atom stereocenters. The normalized spacial score (nSPS) is 18.9. The molecule has 1 heterocycles. The van der Waals surface area contributed by atoms with Gasteiger partial charge < -0.3 is 0 Å². The Balaban J connectivity index is 2.65. The fourth-order valence-electron chi connectivity index (χ4n) is 0.616. The highest BCUT2D eigenvalue weighted by atomic mass is 32.2. The van der Waals surface area contributed by atoms with E-state index in [1.54, 1.807) is 16.3 Å². The third kappa shape index (κ3) is 2.22. The van der Waals surface area contributed by atoms with Crippen LogP contribution in [0.4, 0.5) is 0 Å². The van der Waals surface area contributed by atoms with E-state index in [9.17, 15) is 0 Å². The standard InChI is InChI=1S/C7H12S2Si/c1-10(2,3)7-6-8-4-5-9-7/h4-6H,1-3H3. The lowest BCUT2D eigenvalue weighted by Gasteiger charge is -2.19. The summed E-state index contributed by atoms with van der Waals surface area (Å²) in [5, 5.41) is 6.60. The zero-order valence-corrected chi connectivity index (χ0v) is 9.18. The van der Waals surface area contributed by atoms with Gasteiger partial charge in [0.15, 0.2) is 0 Å². The van der Waals surface area contributed by atoms with Crippen LogP contribution in [0.3, 0.4) is 0 Å². The van der Waals surface area contributed by atoms with Crippen molar-refractivity contribution >= 4 is 31.6 Å². The Kier molecular flexibility index (Phi) is 2.71. The summed E-state index contributed by atoms with van der Waals surface area (Å²) in [4.78, 5) is 0. The number of hydrogen-bond acceptors (Lipinski definition) is 2. The van der Waals surface area contributed by atoms with Crippen LogP contribution in [0, 0.1) is 0 Å². The molecule has 0 radical (unpaired) electrons. The Morgan fingerprint density at radius 1 is 1.20 bits per heavy atom. The Labute approximate surface area is 72.2 Å². The van der Waals surface area contributed by atoms with E-state index in [1.807, 2.05) is 11.8 Å². The molecule has 0 saturated heterocycles. The smallest absolute Gasteiger partial charge is 0.0868 e. The van der Waals surface area contributed by atoms with Crippen molar-refractivity contribution in [2.45, 2.75) is 19.6 Å². The van der Waals surface area contributed by atoms with E-state index < -0.39 is 8.07 Å². The van der Waals surface area contributed by atoms with Gasteiger partial charge in [0.05, 0.1) is 8.07 Å². The van der Waals surface area contributed by atoms with Gasteiger partial charge in [-0.25, -0.2) is 0 Å². The van der Waals surface area contributed by atoms with Crippen LogP contribution < -0.4 is 0 Å². The van der Waals surface area contributed by atoms with Gasteiger partial charge in [-0.2, -0.15) is 0 Å². The summed E-state index contributed by atoms with van der Waals surface area (Å²) in [6, 6.07) is 0. The maximum atomic E-state index is 2.38. The van der Waals surface area contributed by atoms with Crippen molar-refractivity contribution in [2.75, 3.05) is 0 Å². The van der Waals surface area contributed by atoms with E-state index in [4.69, 9.17) is 0 Å². The monoisotopic (exact) mass is 188 g/mol. The van der Waals surface area contributed by atoms with Gasteiger partial charge in [-0.15, -0.1) is 23.5 Å². The van der Waals surface area contributed by atoms with Crippen molar-refractivity contribution in [2.24, 2.45) is 0 Å². The highest BCUT2D eigenvalue weighted by Gasteiger charge is 2.19. The molecule has 0 saturated carbocycles. The molecule has 0 nitrogen and oxygen atoms in total. The van der Waals surface area contributed by atoms with Gasteiger partial charge in [-0.05, 0) is 20.8 Å². The molecule has 0 aromatic heterocycles. The Morgan fingerprint density at radius 2 is 1.90 bits per heavy atom. The van der Waals surface area contributed by atoms with Crippen LogP contribution in [0.25, 0.3) is 0 Å². The highest BCUT2D eigenvalue weighted by molar-refractivity contribution is 8.13. The van der Waals surface area contributed by atoms with Crippen LogP contribution in [0.5, 0.6) is 0 Å². The lowest BCUT2D eigenvalue weighted by atomic mass is 11.2. The van der Waals surface area contributed by atoms with Crippen LogP contribution in [-0.2, 0) is 0 Å². The third-order valence-corrected chi connectivity index (χ3v) is 6.90. The molecule has 1 aliphatic rings. The largest absolute Gasteiger partial charge is 0.106 e. The molecule has 0 aromatic rings. The molecule has 1 aliphatic heterocycles. The average molecular weight is 188 g/mol. The summed E-state index contributed by atoms with van der Waals surface area (Å²) in [6.45, 7) is 7.14. The van der Waals surface area contributed by atoms with Crippen LogP contribution in [-0.4, -0.2) is 8.07 Å².